The number of aromatic nitrogens is 2. The number of rotatable bonds is 3. The van der Waals surface area contributed by atoms with Crippen LogP contribution in [0.2, 0.25) is 0 Å². The molecular weight excluding hydrogens is 152 g/mol. The Morgan fingerprint density at radius 1 is 1.83 bits per heavy atom. The van der Waals surface area contributed by atoms with Crippen LogP contribution in [0.15, 0.2) is 12.4 Å². The van der Waals surface area contributed by atoms with E-state index in [0.29, 0.717) is 0 Å². The van der Waals surface area contributed by atoms with E-state index in [1.54, 1.807) is 10.9 Å². The minimum absolute atomic E-state index is 0.233. The summed E-state index contributed by atoms with van der Waals surface area (Å²) >= 11 is 0. The second-order valence-corrected chi connectivity index (χ2v) is 2.57. The van der Waals surface area contributed by atoms with Crippen molar-refractivity contribution in [2.24, 2.45) is 7.05 Å². The van der Waals surface area contributed by atoms with Crippen LogP contribution in [0.4, 0.5) is 0 Å². The molecule has 4 heteroatoms. The molecule has 0 amide bonds. The van der Waals surface area contributed by atoms with E-state index in [1.807, 2.05) is 20.2 Å². The monoisotopic (exact) mass is 164 g/mol. The van der Waals surface area contributed by atoms with Crippen LogP contribution in [0, 0.1) is 11.3 Å². The zero-order chi connectivity index (χ0) is 8.97. The van der Waals surface area contributed by atoms with Gasteiger partial charge in [0.2, 0.25) is 0 Å². The molecule has 1 atom stereocenters. The highest BCUT2D eigenvalue weighted by Crippen LogP contribution is 2.09. The van der Waals surface area contributed by atoms with E-state index in [2.05, 4.69) is 16.5 Å². The summed E-state index contributed by atoms with van der Waals surface area (Å²) < 4.78 is 1.69. The number of nitrogens with one attached hydrogen (secondary N) is 1. The normalized spacial score (nSPS) is 12.4. The summed E-state index contributed by atoms with van der Waals surface area (Å²) in [5, 5.41) is 15.8. The van der Waals surface area contributed by atoms with Gasteiger partial charge in [-0.3, -0.25) is 10.00 Å². The lowest BCUT2D eigenvalue weighted by Gasteiger charge is -2.05. The van der Waals surface area contributed by atoms with Gasteiger partial charge in [-0.15, -0.1) is 0 Å². The van der Waals surface area contributed by atoms with Crippen LogP contribution in [0.3, 0.4) is 0 Å². The zero-order valence-electron chi connectivity index (χ0n) is 7.28. The standard InChI is InChI=1S/C8H12N4/c1-3-10-8(4-9)7-5-11-12(2)6-7/h5-6,8,10H,3H2,1-2H3. The summed E-state index contributed by atoms with van der Waals surface area (Å²) in [5.41, 5.74) is 0.918. The highest BCUT2D eigenvalue weighted by molar-refractivity contribution is 5.17. The van der Waals surface area contributed by atoms with Crippen molar-refractivity contribution in [2.45, 2.75) is 13.0 Å². The first kappa shape index (κ1) is 8.75. The lowest BCUT2D eigenvalue weighted by molar-refractivity contribution is 0.657. The quantitative estimate of drug-likeness (QED) is 0.711. The topological polar surface area (TPSA) is 53.6 Å². The van der Waals surface area contributed by atoms with Crippen LogP contribution in [-0.2, 0) is 7.05 Å². The van der Waals surface area contributed by atoms with E-state index < -0.39 is 0 Å². The molecule has 0 radical (unpaired) electrons. The Morgan fingerprint density at radius 3 is 3.00 bits per heavy atom. The van der Waals surface area contributed by atoms with Gasteiger partial charge in [0.1, 0.15) is 6.04 Å². The SMILES string of the molecule is CCNC(C#N)c1cnn(C)c1. The Balaban J connectivity index is 2.74. The van der Waals surface area contributed by atoms with E-state index in [1.165, 1.54) is 0 Å². The first-order valence-corrected chi connectivity index (χ1v) is 3.89. The first-order valence-electron chi connectivity index (χ1n) is 3.89. The summed E-state index contributed by atoms with van der Waals surface area (Å²) in [6.07, 6.45) is 3.55. The fourth-order valence-electron chi connectivity index (χ4n) is 1.03. The molecule has 1 unspecified atom stereocenters. The minimum Gasteiger partial charge on any atom is -0.298 e. The summed E-state index contributed by atoms with van der Waals surface area (Å²) in [7, 11) is 1.84. The Hall–Kier alpha value is -1.34. The van der Waals surface area contributed by atoms with Crippen LogP contribution in [0.1, 0.15) is 18.5 Å². The lowest BCUT2D eigenvalue weighted by Crippen LogP contribution is -2.18. The molecule has 1 aromatic rings. The van der Waals surface area contributed by atoms with Gasteiger partial charge in [-0.1, -0.05) is 6.92 Å². The zero-order valence-corrected chi connectivity index (χ0v) is 7.28. The van der Waals surface area contributed by atoms with Gasteiger partial charge in [-0.05, 0) is 6.54 Å². The molecule has 1 aromatic heterocycles. The predicted octanol–water partition coefficient (Wildman–Crippen LogP) is 0.594. The molecule has 0 aliphatic heterocycles. The van der Waals surface area contributed by atoms with Gasteiger partial charge in [-0.25, -0.2) is 0 Å². The molecule has 12 heavy (non-hydrogen) atoms. The van der Waals surface area contributed by atoms with Gasteiger partial charge >= 0.3 is 0 Å². The Kier molecular flexibility index (Phi) is 2.83. The van der Waals surface area contributed by atoms with Crippen molar-refractivity contribution >= 4 is 0 Å². The summed E-state index contributed by atoms with van der Waals surface area (Å²) in [6, 6.07) is 1.94. The first-order chi connectivity index (χ1) is 5.77. The van der Waals surface area contributed by atoms with E-state index >= 15 is 0 Å². The maximum atomic E-state index is 8.77. The largest absolute Gasteiger partial charge is 0.298 e. The van der Waals surface area contributed by atoms with Gasteiger partial charge in [0, 0.05) is 18.8 Å². The molecule has 0 aliphatic rings. The van der Waals surface area contributed by atoms with Crippen LogP contribution < -0.4 is 5.32 Å². The Bertz CT molecular complexity index is 283. The molecule has 0 bridgehead atoms. The van der Waals surface area contributed by atoms with Crippen LogP contribution in [0.25, 0.3) is 0 Å². The van der Waals surface area contributed by atoms with Crippen molar-refractivity contribution in [1.29, 1.82) is 5.26 Å². The third kappa shape index (κ3) is 1.83. The van der Waals surface area contributed by atoms with Crippen LogP contribution >= 0.6 is 0 Å². The maximum Gasteiger partial charge on any atom is 0.124 e. The number of hydrogen-bond donors (Lipinski definition) is 1. The van der Waals surface area contributed by atoms with Gasteiger partial charge in [0.25, 0.3) is 0 Å². The maximum absolute atomic E-state index is 8.77. The third-order valence-electron chi connectivity index (χ3n) is 1.60. The molecule has 1 heterocycles. The molecule has 0 saturated heterocycles. The van der Waals surface area contributed by atoms with Crippen molar-refractivity contribution in [2.75, 3.05) is 6.54 Å². The van der Waals surface area contributed by atoms with E-state index in [-0.39, 0.29) is 6.04 Å². The lowest BCUT2D eigenvalue weighted by atomic mass is 10.2. The van der Waals surface area contributed by atoms with Crippen molar-refractivity contribution in [3.8, 4) is 6.07 Å². The average molecular weight is 164 g/mol. The van der Waals surface area contributed by atoms with Crippen LogP contribution in [-0.4, -0.2) is 16.3 Å². The fourth-order valence-corrected chi connectivity index (χ4v) is 1.03. The second-order valence-electron chi connectivity index (χ2n) is 2.57. The number of nitrogens with zero attached hydrogens (tertiary/aromatic N) is 3. The second kappa shape index (κ2) is 3.88. The van der Waals surface area contributed by atoms with Crippen molar-refractivity contribution in [3.05, 3.63) is 18.0 Å². The van der Waals surface area contributed by atoms with Gasteiger partial charge in [0.15, 0.2) is 0 Å². The predicted molar refractivity (Wildman–Crippen MR) is 45.2 cm³/mol. The molecule has 0 aromatic carbocycles. The average Bonchev–Trinajstić information content (AvgIpc) is 2.47. The van der Waals surface area contributed by atoms with Crippen molar-refractivity contribution in [3.63, 3.8) is 0 Å². The minimum atomic E-state index is -0.233. The Labute approximate surface area is 71.8 Å². The molecule has 0 saturated carbocycles. The number of aryl methyl sites for hydroxylation is 1. The summed E-state index contributed by atoms with van der Waals surface area (Å²) in [4.78, 5) is 0. The van der Waals surface area contributed by atoms with Gasteiger partial charge in [0.05, 0.1) is 12.3 Å². The van der Waals surface area contributed by atoms with Gasteiger partial charge < -0.3 is 0 Å². The van der Waals surface area contributed by atoms with Crippen LogP contribution in [0.5, 0.6) is 0 Å². The molecule has 64 valence electrons. The summed E-state index contributed by atoms with van der Waals surface area (Å²) in [6.45, 7) is 2.76. The van der Waals surface area contributed by atoms with Gasteiger partial charge in [-0.2, -0.15) is 10.4 Å². The highest BCUT2D eigenvalue weighted by atomic mass is 15.2. The van der Waals surface area contributed by atoms with E-state index in [4.69, 9.17) is 5.26 Å². The van der Waals surface area contributed by atoms with Crippen molar-refractivity contribution in [1.82, 2.24) is 15.1 Å². The fraction of sp³-hybridized carbons (Fsp3) is 0.500. The molecule has 0 spiro atoms. The highest BCUT2D eigenvalue weighted by Gasteiger charge is 2.09. The van der Waals surface area contributed by atoms with E-state index in [0.717, 1.165) is 12.1 Å². The number of hydrogen-bond acceptors (Lipinski definition) is 3. The molecule has 1 N–H and O–H groups in total. The van der Waals surface area contributed by atoms with E-state index in [9.17, 15) is 0 Å². The summed E-state index contributed by atoms with van der Waals surface area (Å²) in [5.74, 6) is 0. The third-order valence-corrected chi connectivity index (χ3v) is 1.60. The molecule has 1 rings (SSSR count). The smallest absolute Gasteiger partial charge is 0.124 e. The molecule has 4 nitrogen and oxygen atoms in total. The van der Waals surface area contributed by atoms with Crippen molar-refractivity contribution < 1.29 is 0 Å². The molecule has 0 fully saturated rings. The molecular formula is C8H12N4. The Morgan fingerprint density at radius 2 is 2.58 bits per heavy atom. The number of nitriles is 1. The molecule has 0 aliphatic carbocycles.